The van der Waals surface area contributed by atoms with Gasteiger partial charge in [0.1, 0.15) is 24.1 Å². The Morgan fingerprint density at radius 1 is 1.10 bits per heavy atom. The summed E-state index contributed by atoms with van der Waals surface area (Å²) in [6.45, 7) is 0.478. The number of aliphatic hydroxyl groups excluding tert-OH is 2. The standard InChI is InChI=1S/C22H24FN3O5/c23-14-5-3-6-15(10-14)25-22(30)24-12-18-21(29)20(28)17(31-18)11-19(27)26-9-8-13-4-1-2-7-16(13)26/h1-7,10,17-18,20-21,28-29H,8-9,11-12H2,(H2,24,25,30)/t17-,18-,20+,21-/m1/s1. The Kier molecular flexibility index (Phi) is 6.17. The Morgan fingerprint density at radius 2 is 1.87 bits per heavy atom. The van der Waals surface area contributed by atoms with E-state index >= 15 is 0 Å². The predicted molar refractivity (Wildman–Crippen MR) is 111 cm³/mol. The molecular formula is C22H24FN3O5. The molecule has 2 aliphatic rings. The van der Waals surface area contributed by atoms with Gasteiger partial charge in [0.25, 0.3) is 0 Å². The number of anilines is 2. The van der Waals surface area contributed by atoms with Crippen LogP contribution in [-0.4, -0.2) is 59.7 Å². The molecule has 2 heterocycles. The molecule has 4 N–H and O–H groups in total. The molecule has 8 nitrogen and oxygen atoms in total. The van der Waals surface area contributed by atoms with E-state index in [1.807, 2.05) is 24.3 Å². The highest BCUT2D eigenvalue weighted by molar-refractivity contribution is 5.95. The van der Waals surface area contributed by atoms with Gasteiger partial charge in [0.15, 0.2) is 0 Å². The molecule has 0 spiro atoms. The number of hydrogen-bond acceptors (Lipinski definition) is 5. The molecule has 2 aromatic carbocycles. The van der Waals surface area contributed by atoms with Gasteiger partial charge in [-0.2, -0.15) is 0 Å². The topological polar surface area (TPSA) is 111 Å². The molecule has 0 aliphatic carbocycles. The molecule has 3 amide bonds. The van der Waals surface area contributed by atoms with Crippen LogP contribution in [0.15, 0.2) is 48.5 Å². The van der Waals surface area contributed by atoms with Crippen LogP contribution in [0.3, 0.4) is 0 Å². The van der Waals surface area contributed by atoms with Crippen LogP contribution in [-0.2, 0) is 16.0 Å². The molecule has 1 saturated heterocycles. The minimum atomic E-state index is -1.25. The van der Waals surface area contributed by atoms with Gasteiger partial charge in [0, 0.05) is 24.5 Å². The van der Waals surface area contributed by atoms with E-state index in [0.29, 0.717) is 6.54 Å². The van der Waals surface area contributed by atoms with Gasteiger partial charge in [-0.1, -0.05) is 24.3 Å². The van der Waals surface area contributed by atoms with Gasteiger partial charge in [0.05, 0.1) is 12.5 Å². The number of nitrogens with zero attached hydrogens (tertiary/aromatic N) is 1. The van der Waals surface area contributed by atoms with Gasteiger partial charge in [-0.25, -0.2) is 9.18 Å². The Hall–Kier alpha value is -3.01. The van der Waals surface area contributed by atoms with Crippen LogP contribution in [0.1, 0.15) is 12.0 Å². The number of hydrogen-bond donors (Lipinski definition) is 4. The van der Waals surface area contributed by atoms with Gasteiger partial charge in [-0.15, -0.1) is 0 Å². The van der Waals surface area contributed by atoms with Gasteiger partial charge in [-0.3, -0.25) is 4.79 Å². The van der Waals surface area contributed by atoms with Crippen LogP contribution in [0.5, 0.6) is 0 Å². The van der Waals surface area contributed by atoms with Crippen LogP contribution in [0.4, 0.5) is 20.6 Å². The lowest BCUT2D eigenvalue weighted by Crippen LogP contribution is -2.41. The number of amides is 3. The summed E-state index contributed by atoms with van der Waals surface area (Å²) in [7, 11) is 0. The molecule has 31 heavy (non-hydrogen) atoms. The number of benzene rings is 2. The van der Waals surface area contributed by atoms with E-state index in [1.165, 1.54) is 24.3 Å². The third kappa shape index (κ3) is 4.68. The maximum atomic E-state index is 13.2. The minimum absolute atomic E-state index is 0.0848. The molecule has 4 atom stereocenters. The van der Waals surface area contributed by atoms with Crippen LogP contribution < -0.4 is 15.5 Å². The average Bonchev–Trinajstić information content (AvgIpc) is 3.29. The number of carbonyl (C=O) groups is 2. The largest absolute Gasteiger partial charge is 0.388 e. The second-order valence-corrected chi connectivity index (χ2v) is 7.67. The lowest BCUT2D eigenvalue weighted by atomic mass is 10.0. The van der Waals surface area contributed by atoms with Gasteiger partial charge in [-0.05, 0) is 36.2 Å². The number of nitrogens with one attached hydrogen (secondary N) is 2. The Bertz CT molecular complexity index is 972. The van der Waals surface area contributed by atoms with Crippen molar-refractivity contribution in [2.24, 2.45) is 0 Å². The van der Waals surface area contributed by atoms with Crippen molar-refractivity contribution in [3.8, 4) is 0 Å². The van der Waals surface area contributed by atoms with Crippen molar-refractivity contribution in [3.63, 3.8) is 0 Å². The van der Waals surface area contributed by atoms with Gasteiger partial charge >= 0.3 is 6.03 Å². The van der Waals surface area contributed by atoms with Gasteiger partial charge < -0.3 is 30.5 Å². The van der Waals surface area contributed by atoms with Crippen LogP contribution in [0.25, 0.3) is 0 Å². The molecule has 9 heteroatoms. The summed E-state index contributed by atoms with van der Waals surface area (Å²) in [5.74, 6) is -0.678. The Labute approximate surface area is 178 Å². The molecule has 2 aliphatic heterocycles. The highest BCUT2D eigenvalue weighted by Crippen LogP contribution is 2.30. The highest BCUT2D eigenvalue weighted by atomic mass is 19.1. The van der Waals surface area contributed by atoms with E-state index in [0.717, 1.165) is 17.7 Å². The van der Waals surface area contributed by atoms with Crippen LogP contribution in [0, 0.1) is 5.82 Å². The van der Waals surface area contributed by atoms with E-state index in [1.54, 1.807) is 4.90 Å². The number of ether oxygens (including phenoxy) is 1. The zero-order valence-electron chi connectivity index (χ0n) is 16.7. The molecule has 0 aromatic heterocycles. The first-order chi connectivity index (χ1) is 14.9. The smallest absolute Gasteiger partial charge is 0.319 e. The fraction of sp³-hybridized carbons (Fsp3) is 0.364. The van der Waals surface area contributed by atoms with Crippen molar-refractivity contribution < 1.29 is 28.9 Å². The first-order valence-corrected chi connectivity index (χ1v) is 10.1. The van der Waals surface area contributed by atoms with Crippen LogP contribution in [0.2, 0.25) is 0 Å². The van der Waals surface area contributed by atoms with Gasteiger partial charge in [0.2, 0.25) is 5.91 Å². The quantitative estimate of drug-likeness (QED) is 0.575. The fourth-order valence-electron chi connectivity index (χ4n) is 3.98. The number of halogens is 1. The van der Waals surface area contributed by atoms with Crippen molar-refractivity contribution in [1.82, 2.24) is 5.32 Å². The zero-order chi connectivity index (χ0) is 22.0. The summed E-state index contributed by atoms with van der Waals surface area (Å²) in [6, 6.07) is 12.5. The Balaban J connectivity index is 1.30. The van der Waals surface area contributed by atoms with E-state index in [9.17, 15) is 24.2 Å². The number of urea groups is 1. The summed E-state index contributed by atoms with van der Waals surface area (Å²) >= 11 is 0. The molecule has 0 saturated carbocycles. The third-order valence-corrected chi connectivity index (χ3v) is 5.57. The molecule has 1 fully saturated rings. The Morgan fingerprint density at radius 3 is 2.68 bits per heavy atom. The second-order valence-electron chi connectivity index (χ2n) is 7.67. The van der Waals surface area contributed by atoms with E-state index < -0.39 is 36.3 Å². The monoisotopic (exact) mass is 429 g/mol. The summed E-state index contributed by atoms with van der Waals surface area (Å²) in [6.07, 6.45) is -3.58. The summed E-state index contributed by atoms with van der Waals surface area (Å²) in [5, 5.41) is 25.6. The zero-order valence-corrected chi connectivity index (χ0v) is 16.7. The molecule has 0 radical (unpaired) electrons. The fourth-order valence-corrected chi connectivity index (χ4v) is 3.98. The summed E-state index contributed by atoms with van der Waals surface area (Å²) in [5.41, 5.74) is 2.22. The molecule has 4 rings (SSSR count). The lowest BCUT2D eigenvalue weighted by molar-refractivity contribution is -0.122. The molecular weight excluding hydrogens is 405 g/mol. The normalized spacial score (nSPS) is 24.7. The van der Waals surface area contributed by atoms with Crippen molar-refractivity contribution in [2.45, 2.75) is 37.3 Å². The number of fused-ring (bicyclic) bond motifs is 1. The van der Waals surface area contributed by atoms with E-state index in [4.69, 9.17) is 4.74 Å². The number of rotatable bonds is 5. The summed E-state index contributed by atoms with van der Waals surface area (Å²) < 4.78 is 18.9. The number of para-hydroxylation sites is 1. The van der Waals surface area contributed by atoms with E-state index in [-0.39, 0.29) is 24.6 Å². The van der Waals surface area contributed by atoms with Crippen LogP contribution >= 0.6 is 0 Å². The first kappa shape index (κ1) is 21.2. The molecule has 164 valence electrons. The SMILES string of the molecule is O=C(NC[C@H]1O[C@H](CC(=O)N2CCc3ccccc32)[C@H](O)[C@@H]1O)Nc1cccc(F)c1. The van der Waals surface area contributed by atoms with E-state index in [2.05, 4.69) is 10.6 Å². The first-order valence-electron chi connectivity index (χ1n) is 10.1. The number of aliphatic hydroxyl groups is 2. The summed E-state index contributed by atoms with van der Waals surface area (Å²) in [4.78, 5) is 26.4. The van der Waals surface area contributed by atoms with Crippen molar-refractivity contribution in [1.29, 1.82) is 0 Å². The molecule has 0 unspecified atom stereocenters. The predicted octanol–water partition coefficient (Wildman–Crippen LogP) is 1.42. The van der Waals surface area contributed by atoms with Crippen molar-refractivity contribution in [2.75, 3.05) is 23.3 Å². The maximum absolute atomic E-state index is 13.2. The second kappa shape index (κ2) is 9.01. The lowest BCUT2D eigenvalue weighted by Gasteiger charge is -2.21. The average molecular weight is 429 g/mol. The number of carbonyl (C=O) groups excluding carboxylic acids is 2. The third-order valence-electron chi connectivity index (χ3n) is 5.57. The van der Waals surface area contributed by atoms with Crippen molar-refractivity contribution >= 4 is 23.3 Å². The molecule has 0 bridgehead atoms. The minimum Gasteiger partial charge on any atom is -0.388 e. The van der Waals surface area contributed by atoms with Crippen molar-refractivity contribution in [3.05, 3.63) is 59.9 Å². The highest BCUT2D eigenvalue weighted by Gasteiger charge is 2.44. The molecule has 2 aromatic rings. The maximum Gasteiger partial charge on any atom is 0.319 e.